The van der Waals surface area contributed by atoms with Gasteiger partial charge < -0.3 is 9.80 Å². The van der Waals surface area contributed by atoms with Crippen LogP contribution in [0, 0.1) is 0 Å². The van der Waals surface area contributed by atoms with Crippen molar-refractivity contribution >= 4 is 34.1 Å². The molecule has 0 saturated carbocycles. The lowest BCUT2D eigenvalue weighted by Gasteiger charge is -2.48. The molecule has 0 bridgehead atoms. The number of hydrogen-bond donors (Lipinski definition) is 0. The zero-order chi connectivity index (χ0) is 38.5. The van der Waals surface area contributed by atoms with Crippen LogP contribution in [0.25, 0.3) is 0 Å². The summed E-state index contributed by atoms with van der Waals surface area (Å²) >= 11 is 0. The van der Waals surface area contributed by atoms with Gasteiger partial charge in [0.2, 0.25) is 0 Å². The molecule has 0 spiro atoms. The van der Waals surface area contributed by atoms with Crippen molar-refractivity contribution in [1.82, 2.24) is 0 Å². The number of nitrogens with zero attached hydrogens (tertiary/aromatic N) is 2. The molecule has 0 aromatic heterocycles. The predicted molar refractivity (Wildman–Crippen MR) is 240 cm³/mol. The number of rotatable bonds is 6. The number of benzene rings is 8. The van der Waals surface area contributed by atoms with Gasteiger partial charge in [0, 0.05) is 11.4 Å². The molecule has 0 N–H and O–H groups in total. The first-order valence-corrected chi connectivity index (χ1v) is 20.4. The molecule has 8 aromatic carbocycles. The van der Waals surface area contributed by atoms with E-state index in [1.807, 2.05) is 0 Å². The molecule has 0 fully saturated rings. The number of anilines is 6. The minimum absolute atomic E-state index is 0.470. The summed E-state index contributed by atoms with van der Waals surface area (Å²) in [5.74, 6) is 0. The molecular weight excluding hydrogens is 701 g/mol. The summed E-state index contributed by atoms with van der Waals surface area (Å²) in [6.45, 7) is 0. The fraction of sp³-hybridized carbons (Fsp3) is 0.0714. The second kappa shape index (κ2) is 13.8. The van der Waals surface area contributed by atoms with Gasteiger partial charge in [0.25, 0.3) is 0 Å². The SMILES string of the molecule is C1=CC(C2(c3ccccc3)c3ccccc3N(c3cccc(N4c5ccccc5C(c5ccccc5)(c5ccccc5)c5ccccc54)c3)c3ccccc32)=CCC1. The molecule has 276 valence electrons. The molecule has 2 aliphatic heterocycles. The average Bonchev–Trinajstić information content (AvgIpc) is 3.31. The van der Waals surface area contributed by atoms with E-state index >= 15 is 0 Å². The normalized spacial score (nSPS) is 15.7. The quantitative estimate of drug-likeness (QED) is 0.167. The van der Waals surface area contributed by atoms with Crippen LogP contribution in [0.15, 0.2) is 236 Å². The average molecular weight is 743 g/mol. The van der Waals surface area contributed by atoms with Gasteiger partial charge in [-0.2, -0.15) is 0 Å². The fourth-order valence-corrected chi connectivity index (χ4v) is 10.4. The number of fused-ring (bicyclic) bond motifs is 4. The highest BCUT2D eigenvalue weighted by Gasteiger charge is 2.48. The summed E-state index contributed by atoms with van der Waals surface area (Å²) in [5, 5.41) is 0. The third kappa shape index (κ3) is 4.91. The topological polar surface area (TPSA) is 6.48 Å². The van der Waals surface area contributed by atoms with Gasteiger partial charge in [0.15, 0.2) is 0 Å². The molecular formula is C56H42N2. The van der Waals surface area contributed by atoms with Crippen LogP contribution in [0.5, 0.6) is 0 Å². The molecule has 3 aliphatic rings. The summed E-state index contributed by atoms with van der Waals surface area (Å²) in [6, 6.07) is 78.4. The molecule has 1 aliphatic carbocycles. The summed E-state index contributed by atoms with van der Waals surface area (Å²) in [4.78, 5) is 4.97. The molecule has 0 unspecified atom stereocenters. The third-order valence-electron chi connectivity index (χ3n) is 12.6. The molecule has 0 radical (unpaired) electrons. The van der Waals surface area contributed by atoms with Crippen LogP contribution in [0.2, 0.25) is 0 Å². The zero-order valence-corrected chi connectivity index (χ0v) is 32.2. The molecule has 58 heavy (non-hydrogen) atoms. The number of para-hydroxylation sites is 4. The Labute approximate surface area is 341 Å². The van der Waals surface area contributed by atoms with Crippen molar-refractivity contribution in [2.24, 2.45) is 0 Å². The van der Waals surface area contributed by atoms with Crippen molar-refractivity contribution in [2.75, 3.05) is 9.80 Å². The molecule has 2 heterocycles. The van der Waals surface area contributed by atoms with Crippen molar-refractivity contribution in [2.45, 2.75) is 23.7 Å². The second-order valence-corrected chi connectivity index (χ2v) is 15.5. The first kappa shape index (κ1) is 34.1. The molecule has 2 heteroatoms. The highest BCUT2D eigenvalue weighted by molar-refractivity contribution is 5.93. The van der Waals surface area contributed by atoms with Crippen LogP contribution in [0.4, 0.5) is 34.1 Å². The van der Waals surface area contributed by atoms with E-state index in [0.717, 1.165) is 24.2 Å². The Morgan fingerprint density at radius 1 is 0.328 bits per heavy atom. The third-order valence-corrected chi connectivity index (χ3v) is 12.6. The van der Waals surface area contributed by atoms with Crippen LogP contribution in [-0.4, -0.2) is 0 Å². The van der Waals surface area contributed by atoms with E-state index in [2.05, 4.69) is 240 Å². The minimum atomic E-state index is -0.516. The van der Waals surface area contributed by atoms with Crippen molar-refractivity contribution in [3.8, 4) is 0 Å². The summed E-state index contributed by atoms with van der Waals surface area (Å²) in [7, 11) is 0. The van der Waals surface area contributed by atoms with E-state index in [0.29, 0.717) is 0 Å². The molecule has 11 rings (SSSR count). The Morgan fingerprint density at radius 2 is 0.690 bits per heavy atom. The summed E-state index contributed by atoms with van der Waals surface area (Å²) in [5.41, 5.74) is 16.2. The molecule has 0 saturated heterocycles. The van der Waals surface area contributed by atoms with Crippen LogP contribution in [0.3, 0.4) is 0 Å². The van der Waals surface area contributed by atoms with Crippen molar-refractivity contribution < 1.29 is 0 Å². The second-order valence-electron chi connectivity index (χ2n) is 15.5. The maximum atomic E-state index is 2.49. The maximum Gasteiger partial charge on any atom is 0.0742 e. The van der Waals surface area contributed by atoms with Gasteiger partial charge in [0.05, 0.1) is 33.6 Å². The fourth-order valence-electron chi connectivity index (χ4n) is 10.4. The Hall–Kier alpha value is -7.16. The van der Waals surface area contributed by atoms with E-state index in [1.54, 1.807) is 0 Å². The van der Waals surface area contributed by atoms with Gasteiger partial charge in [-0.15, -0.1) is 0 Å². The van der Waals surface area contributed by atoms with Crippen LogP contribution < -0.4 is 9.80 Å². The van der Waals surface area contributed by atoms with E-state index < -0.39 is 10.8 Å². The lowest BCUT2D eigenvalue weighted by molar-refractivity contribution is 0.718. The summed E-state index contributed by atoms with van der Waals surface area (Å²) < 4.78 is 0. The zero-order valence-electron chi connectivity index (χ0n) is 32.2. The van der Waals surface area contributed by atoms with Crippen molar-refractivity contribution in [3.05, 3.63) is 275 Å². The first-order valence-electron chi connectivity index (χ1n) is 20.4. The largest absolute Gasteiger partial charge is 0.310 e. The summed E-state index contributed by atoms with van der Waals surface area (Å²) in [6.07, 6.45) is 9.28. The van der Waals surface area contributed by atoms with E-state index in [1.165, 1.54) is 67.3 Å². The smallest absolute Gasteiger partial charge is 0.0742 e. The monoisotopic (exact) mass is 742 g/mol. The van der Waals surface area contributed by atoms with Gasteiger partial charge in [-0.1, -0.05) is 188 Å². The standard InChI is InChI=1S/C56H42N2/c1-5-22-41(23-6-1)55(42-24-7-2-8-25-42)47-32-13-17-36-51(47)57(52-37-18-14-33-48(52)55)45-30-21-31-46(40-45)58-53-38-19-15-34-49(53)56(43-26-9-3-10-27-43,44-28-11-4-12-29-44)50-35-16-20-39-54(50)58/h1-3,5-11,13-40H,4,12H2. The van der Waals surface area contributed by atoms with Gasteiger partial charge in [0.1, 0.15) is 0 Å². The lowest BCUT2D eigenvalue weighted by atomic mass is 9.61. The van der Waals surface area contributed by atoms with E-state index in [-0.39, 0.29) is 0 Å². The molecule has 2 nitrogen and oxygen atoms in total. The first-order chi connectivity index (χ1) is 28.8. The Balaban J connectivity index is 1.14. The number of allylic oxidation sites excluding steroid dienone is 4. The van der Waals surface area contributed by atoms with Crippen molar-refractivity contribution in [3.63, 3.8) is 0 Å². The van der Waals surface area contributed by atoms with Gasteiger partial charge in [-0.05, 0) is 99.8 Å². The lowest BCUT2D eigenvalue weighted by Crippen LogP contribution is -2.38. The maximum absolute atomic E-state index is 2.49. The van der Waals surface area contributed by atoms with E-state index in [4.69, 9.17) is 0 Å². The van der Waals surface area contributed by atoms with Gasteiger partial charge >= 0.3 is 0 Å². The van der Waals surface area contributed by atoms with Gasteiger partial charge in [-0.25, -0.2) is 0 Å². The predicted octanol–water partition coefficient (Wildman–Crippen LogP) is 14.2. The van der Waals surface area contributed by atoms with E-state index in [9.17, 15) is 0 Å². The van der Waals surface area contributed by atoms with Gasteiger partial charge in [-0.3, -0.25) is 0 Å². The molecule has 0 amide bonds. The Morgan fingerprint density at radius 3 is 1.09 bits per heavy atom. The Kier molecular flexibility index (Phi) is 8.11. The van der Waals surface area contributed by atoms with Crippen LogP contribution in [-0.2, 0) is 10.8 Å². The number of hydrogen-bond acceptors (Lipinski definition) is 2. The molecule has 8 aromatic rings. The van der Waals surface area contributed by atoms with Crippen molar-refractivity contribution in [1.29, 1.82) is 0 Å². The van der Waals surface area contributed by atoms with Crippen LogP contribution in [0.1, 0.15) is 51.8 Å². The highest BCUT2D eigenvalue weighted by Crippen LogP contribution is 2.60. The Bertz CT molecular complexity index is 2720. The highest BCUT2D eigenvalue weighted by atomic mass is 15.2. The minimum Gasteiger partial charge on any atom is -0.310 e. The molecule has 0 atom stereocenters. The van der Waals surface area contributed by atoms with Crippen LogP contribution >= 0.6 is 0 Å².